The summed E-state index contributed by atoms with van der Waals surface area (Å²) in [5.41, 5.74) is 3.62. The van der Waals surface area contributed by atoms with Crippen molar-refractivity contribution >= 4 is 27.1 Å². The minimum Gasteiger partial charge on any atom is -0.480 e. The number of aliphatic imine (C=N–C) groups is 1. The topological polar surface area (TPSA) is 159 Å². The van der Waals surface area contributed by atoms with Crippen LogP contribution in [0.1, 0.15) is 55.6 Å². The van der Waals surface area contributed by atoms with Gasteiger partial charge < -0.3 is 14.8 Å². The number of ketones is 1. The number of hydrogen-bond donors (Lipinski definition) is 1. The molecular formula is C31H33N7O5S. The summed E-state index contributed by atoms with van der Waals surface area (Å²) < 4.78 is 35.6. The fraction of sp³-hybridized carbons (Fsp3) is 0.516. The zero-order valence-electron chi connectivity index (χ0n) is 24.8. The summed E-state index contributed by atoms with van der Waals surface area (Å²) in [6.45, 7) is 1.72. The fourth-order valence-electron chi connectivity index (χ4n) is 7.97. The highest BCUT2D eigenvalue weighted by atomic mass is 32.2. The molecular weight excluding hydrogens is 582 g/mol. The fourth-order valence-corrected chi connectivity index (χ4v) is 8.80. The van der Waals surface area contributed by atoms with Gasteiger partial charge in [-0.3, -0.25) is 14.8 Å². The number of hydrogen-bond acceptors (Lipinski definition) is 11. The quantitative estimate of drug-likeness (QED) is 0.397. The van der Waals surface area contributed by atoms with Crippen LogP contribution in [0.5, 0.6) is 5.88 Å². The van der Waals surface area contributed by atoms with Crippen molar-refractivity contribution in [2.75, 3.05) is 25.3 Å². The molecule has 44 heavy (non-hydrogen) atoms. The Morgan fingerprint density at radius 3 is 2.59 bits per heavy atom. The Morgan fingerprint density at radius 2 is 1.91 bits per heavy atom. The monoisotopic (exact) mass is 615 g/mol. The average Bonchev–Trinajstić information content (AvgIpc) is 3.95. The lowest BCUT2D eigenvalue weighted by Gasteiger charge is -2.44. The minimum absolute atomic E-state index is 0.000833. The molecule has 4 heterocycles. The van der Waals surface area contributed by atoms with E-state index in [2.05, 4.69) is 25.3 Å². The van der Waals surface area contributed by atoms with Gasteiger partial charge in [0.1, 0.15) is 11.9 Å². The highest BCUT2D eigenvalue weighted by Crippen LogP contribution is 2.97. The summed E-state index contributed by atoms with van der Waals surface area (Å²) in [7, 11) is -0.0169. The summed E-state index contributed by atoms with van der Waals surface area (Å²) in [6.07, 6.45) is 9.51. The second-order valence-electron chi connectivity index (χ2n) is 12.6. The van der Waals surface area contributed by atoms with Gasteiger partial charge in [-0.15, -0.1) is 0 Å². The van der Waals surface area contributed by atoms with Crippen molar-refractivity contribution in [1.82, 2.24) is 24.9 Å². The maximum Gasteiger partial charge on any atom is 0.227 e. The van der Waals surface area contributed by atoms with Gasteiger partial charge in [-0.1, -0.05) is 6.92 Å². The van der Waals surface area contributed by atoms with E-state index in [1.54, 1.807) is 33.4 Å². The van der Waals surface area contributed by atoms with E-state index in [-0.39, 0.29) is 57.6 Å². The van der Waals surface area contributed by atoms with Crippen molar-refractivity contribution in [3.63, 3.8) is 0 Å². The lowest BCUT2D eigenvalue weighted by atomic mass is 9.63. The maximum atomic E-state index is 13.9. The largest absolute Gasteiger partial charge is 0.480 e. The number of anilines is 1. The van der Waals surface area contributed by atoms with E-state index in [1.807, 2.05) is 0 Å². The number of aromatic nitrogens is 5. The number of carbonyl (C=O) groups is 1. The zero-order valence-corrected chi connectivity index (χ0v) is 25.6. The van der Waals surface area contributed by atoms with Crippen LogP contribution in [0.2, 0.25) is 0 Å². The Kier molecular flexibility index (Phi) is 6.03. The van der Waals surface area contributed by atoms with Crippen LogP contribution in [-0.2, 0) is 32.3 Å². The molecule has 3 atom stereocenters. The second-order valence-corrected chi connectivity index (χ2v) is 14.9. The summed E-state index contributed by atoms with van der Waals surface area (Å²) in [5, 5.41) is 3.26. The van der Waals surface area contributed by atoms with Gasteiger partial charge in [-0.05, 0) is 61.0 Å². The van der Waals surface area contributed by atoms with Crippen molar-refractivity contribution in [1.29, 1.82) is 0 Å². The standard InChI is InChI=1S/C31H33N7O5S/c1-4-44(40,41)19-8-7-17(32-13-19)12-33-28-25(39)23-26-30(9-18(10-30)42-2)31(23,26)11-20-21(38-28)14-34-27(37-20)22-24(16-5-6-16)35-15-36-29(22)43-3/h7-8,13-16,18,23,26H,4-6,9-12H2,1-3H3,(H,33,38). The third-order valence-electron chi connectivity index (χ3n) is 10.5. The summed E-state index contributed by atoms with van der Waals surface area (Å²) >= 11 is 0. The molecule has 228 valence electrons. The van der Waals surface area contributed by atoms with E-state index in [0.29, 0.717) is 35.4 Å². The van der Waals surface area contributed by atoms with E-state index in [0.717, 1.165) is 42.6 Å². The first-order valence-electron chi connectivity index (χ1n) is 15.1. The van der Waals surface area contributed by atoms with Crippen LogP contribution < -0.4 is 10.1 Å². The number of nitrogens with one attached hydrogen (secondary N) is 1. The number of rotatable bonds is 8. The maximum absolute atomic E-state index is 13.9. The summed E-state index contributed by atoms with van der Waals surface area (Å²) in [6, 6.07) is 3.18. The van der Waals surface area contributed by atoms with Crippen molar-refractivity contribution in [2.24, 2.45) is 27.7 Å². The smallest absolute Gasteiger partial charge is 0.227 e. The van der Waals surface area contributed by atoms with Gasteiger partial charge in [0.2, 0.25) is 11.7 Å². The molecule has 3 unspecified atom stereocenters. The van der Waals surface area contributed by atoms with Crippen LogP contribution in [0.3, 0.4) is 0 Å². The van der Waals surface area contributed by atoms with Gasteiger partial charge in [-0.2, -0.15) is 0 Å². The van der Waals surface area contributed by atoms with Crippen molar-refractivity contribution < 1.29 is 22.7 Å². The predicted octanol–water partition coefficient (Wildman–Crippen LogP) is 3.19. The molecule has 12 nitrogen and oxygen atoms in total. The summed E-state index contributed by atoms with van der Waals surface area (Å²) in [5.74, 6) is 1.71. The van der Waals surface area contributed by atoms with Crippen molar-refractivity contribution in [3.8, 4) is 17.3 Å². The van der Waals surface area contributed by atoms with Gasteiger partial charge in [0.15, 0.2) is 21.5 Å². The number of nitrogens with zero attached hydrogens (tertiary/aromatic N) is 6. The van der Waals surface area contributed by atoms with E-state index in [1.165, 1.54) is 18.6 Å². The average molecular weight is 616 g/mol. The summed E-state index contributed by atoms with van der Waals surface area (Å²) in [4.78, 5) is 41.8. The first-order chi connectivity index (χ1) is 21.3. The normalized spacial score (nSPS) is 30.8. The van der Waals surface area contributed by atoms with E-state index < -0.39 is 9.84 Å². The molecule has 0 radical (unpaired) electrons. The van der Waals surface area contributed by atoms with Crippen LogP contribution in [0, 0.1) is 22.7 Å². The number of fused-ring (bicyclic) bond motifs is 3. The lowest BCUT2D eigenvalue weighted by molar-refractivity contribution is -0.121. The number of pyridine rings is 1. The molecule has 1 N–H and O–H groups in total. The number of methoxy groups -OCH3 is 2. The Bertz CT molecular complexity index is 1840. The van der Waals surface area contributed by atoms with Crippen LogP contribution >= 0.6 is 0 Å². The molecule has 8 rings (SSSR count). The van der Waals surface area contributed by atoms with Crippen molar-refractivity contribution in [2.45, 2.75) is 62.5 Å². The first-order valence-corrected chi connectivity index (χ1v) is 16.7. The Morgan fingerprint density at radius 1 is 1.09 bits per heavy atom. The van der Waals surface area contributed by atoms with Crippen LogP contribution in [0.25, 0.3) is 11.4 Å². The molecule has 0 saturated heterocycles. The molecule has 5 aliphatic rings. The van der Waals surface area contributed by atoms with Crippen LogP contribution in [0.15, 0.2) is 40.7 Å². The van der Waals surface area contributed by atoms with Gasteiger partial charge in [0.05, 0.1) is 59.4 Å². The zero-order chi connectivity index (χ0) is 30.4. The van der Waals surface area contributed by atoms with Gasteiger partial charge in [0.25, 0.3) is 0 Å². The Labute approximate surface area is 255 Å². The SMILES string of the molecule is CCS(=O)(=O)c1ccc(CN=C2Nc3cnc(-c4c(OC)ncnc4C4CC4)nc3CC34C(C2=O)C3C42CC(OC)C2)nc1. The highest BCUT2D eigenvalue weighted by molar-refractivity contribution is 7.91. The molecule has 4 fully saturated rings. The third-order valence-corrected chi connectivity index (χ3v) is 12.3. The van der Waals surface area contributed by atoms with Crippen molar-refractivity contribution in [3.05, 3.63) is 47.9 Å². The molecule has 2 spiro atoms. The van der Waals surface area contributed by atoms with Gasteiger partial charge in [-0.25, -0.2) is 28.4 Å². The van der Waals surface area contributed by atoms with E-state index in [4.69, 9.17) is 19.4 Å². The van der Waals surface area contributed by atoms with Crippen LogP contribution in [-0.4, -0.2) is 71.0 Å². The third kappa shape index (κ3) is 3.91. The molecule has 0 bridgehead atoms. The number of Topliss-reactive ketones (excluding diaryl/α,β-unsaturated/α-hetero) is 1. The first kappa shape index (κ1) is 27.7. The number of amidine groups is 1. The number of sulfone groups is 1. The molecule has 1 aliphatic heterocycles. The molecule has 3 aromatic heterocycles. The molecule has 4 saturated carbocycles. The number of carbonyl (C=O) groups excluding carboxylic acids is 1. The molecule has 3 aromatic rings. The van der Waals surface area contributed by atoms with Gasteiger partial charge in [0, 0.05) is 25.1 Å². The van der Waals surface area contributed by atoms with E-state index >= 15 is 0 Å². The van der Waals surface area contributed by atoms with Crippen LogP contribution in [0.4, 0.5) is 5.69 Å². The predicted molar refractivity (Wildman–Crippen MR) is 159 cm³/mol. The minimum atomic E-state index is -3.35. The molecule has 0 aromatic carbocycles. The van der Waals surface area contributed by atoms with Gasteiger partial charge >= 0.3 is 0 Å². The second kappa shape index (κ2) is 9.58. The molecule has 13 heteroatoms. The molecule has 4 aliphatic carbocycles. The lowest BCUT2D eigenvalue weighted by Crippen LogP contribution is -2.46. The Hall–Kier alpha value is -3.84. The molecule has 0 amide bonds. The highest BCUT2D eigenvalue weighted by Gasteiger charge is 2.98. The Balaban J connectivity index is 1.16. The van der Waals surface area contributed by atoms with E-state index in [9.17, 15) is 13.2 Å². The number of ether oxygens (including phenoxy) is 2.